The van der Waals surface area contributed by atoms with Crippen LogP contribution in [-0.4, -0.2) is 16.6 Å². The van der Waals surface area contributed by atoms with Crippen molar-refractivity contribution >= 4 is 10.8 Å². The van der Waals surface area contributed by atoms with Gasteiger partial charge in [-0.15, -0.1) is 6.42 Å². The summed E-state index contributed by atoms with van der Waals surface area (Å²) < 4.78 is 18.2. The van der Waals surface area contributed by atoms with Crippen LogP contribution in [0.15, 0.2) is 24.3 Å². The molecule has 0 aliphatic carbocycles. The van der Waals surface area contributed by atoms with E-state index in [-0.39, 0.29) is 10.9 Å². The minimum absolute atomic E-state index is 0.133. The van der Waals surface area contributed by atoms with Gasteiger partial charge in [-0.25, -0.2) is 0 Å². The molecule has 3 atom stereocenters. The predicted octanol–water partition coefficient (Wildman–Crippen LogP) is 3.11. The molecule has 1 saturated heterocycles. The highest BCUT2D eigenvalue weighted by Crippen LogP contribution is 2.35. The van der Waals surface area contributed by atoms with Crippen LogP contribution in [0.5, 0.6) is 0 Å². The molecular formula is C16H20O2S. The zero-order valence-electron chi connectivity index (χ0n) is 11.7. The first kappa shape index (κ1) is 14.3. The average molecular weight is 276 g/mol. The minimum Gasteiger partial charge on any atom is -0.360 e. The van der Waals surface area contributed by atoms with Gasteiger partial charge in [-0.05, 0) is 29.0 Å². The number of ether oxygens (including phenoxy) is 1. The standard InChI is InChI=1S/C16H20O2S/c1-5-12-6-8-13(9-7-12)15-18-10-14(11-19(15)17)16(2,3)4/h1,6-9,14-15H,10-11H2,2-4H3/t14-,15-,19-/m0/s1. The summed E-state index contributed by atoms with van der Waals surface area (Å²) >= 11 is 0. The van der Waals surface area contributed by atoms with Crippen molar-refractivity contribution in [3.8, 4) is 12.3 Å². The van der Waals surface area contributed by atoms with Crippen LogP contribution in [0.2, 0.25) is 0 Å². The van der Waals surface area contributed by atoms with Crippen molar-refractivity contribution < 1.29 is 8.95 Å². The van der Waals surface area contributed by atoms with Gasteiger partial charge in [0.2, 0.25) is 0 Å². The van der Waals surface area contributed by atoms with Crippen LogP contribution < -0.4 is 0 Å². The molecule has 0 N–H and O–H groups in total. The molecule has 0 radical (unpaired) electrons. The molecule has 0 saturated carbocycles. The van der Waals surface area contributed by atoms with Gasteiger partial charge in [0.25, 0.3) is 0 Å². The fourth-order valence-corrected chi connectivity index (χ4v) is 3.96. The topological polar surface area (TPSA) is 26.3 Å². The Morgan fingerprint density at radius 1 is 1.32 bits per heavy atom. The third kappa shape index (κ3) is 3.26. The van der Waals surface area contributed by atoms with E-state index >= 15 is 0 Å². The van der Waals surface area contributed by atoms with Gasteiger partial charge in [0, 0.05) is 11.3 Å². The highest BCUT2D eigenvalue weighted by atomic mass is 32.2. The molecule has 2 nitrogen and oxygen atoms in total. The Balaban J connectivity index is 2.12. The SMILES string of the molecule is C#Cc1ccc([C@H]2OC[C@H](C(C)(C)C)C[S@@]2=O)cc1. The lowest BCUT2D eigenvalue weighted by Crippen LogP contribution is -2.37. The summed E-state index contributed by atoms with van der Waals surface area (Å²) in [4.78, 5) is 0. The van der Waals surface area contributed by atoms with Crippen LogP contribution in [0.4, 0.5) is 0 Å². The van der Waals surface area contributed by atoms with Crippen molar-refractivity contribution in [1.29, 1.82) is 0 Å². The highest BCUT2D eigenvalue weighted by Gasteiger charge is 2.35. The molecule has 1 fully saturated rings. The number of benzene rings is 1. The summed E-state index contributed by atoms with van der Waals surface area (Å²) in [7, 11) is -0.988. The lowest BCUT2D eigenvalue weighted by atomic mass is 9.82. The number of hydrogen-bond acceptors (Lipinski definition) is 2. The third-order valence-corrected chi connectivity index (χ3v) is 5.24. The van der Waals surface area contributed by atoms with Gasteiger partial charge in [0.15, 0.2) is 5.44 Å². The summed E-state index contributed by atoms with van der Waals surface area (Å²) in [5.74, 6) is 3.62. The maximum atomic E-state index is 12.4. The molecular weight excluding hydrogens is 256 g/mol. The van der Waals surface area contributed by atoms with Gasteiger partial charge in [0.1, 0.15) is 0 Å². The Bertz CT molecular complexity index is 505. The molecule has 19 heavy (non-hydrogen) atoms. The van der Waals surface area contributed by atoms with Crippen LogP contribution >= 0.6 is 0 Å². The van der Waals surface area contributed by atoms with E-state index < -0.39 is 10.8 Å². The van der Waals surface area contributed by atoms with Crippen molar-refractivity contribution in [1.82, 2.24) is 0 Å². The Kier molecular flexibility index (Phi) is 4.13. The normalized spacial score (nSPS) is 27.8. The van der Waals surface area contributed by atoms with Crippen LogP contribution in [-0.2, 0) is 15.5 Å². The summed E-state index contributed by atoms with van der Waals surface area (Å²) in [5, 5.41) is 0. The molecule has 0 aromatic heterocycles. The summed E-state index contributed by atoms with van der Waals surface area (Å²) in [6.45, 7) is 7.16. The van der Waals surface area contributed by atoms with Gasteiger partial charge in [-0.3, -0.25) is 4.21 Å². The lowest BCUT2D eigenvalue weighted by Gasteiger charge is -2.36. The largest absolute Gasteiger partial charge is 0.360 e. The van der Waals surface area contributed by atoms with Gasteiger partial charge in [-0.2, -0.15) is 0 Å². The molecule has 1 aliphatic heterocycles. The quantitative estimate of drug-likeness (QED) is 0.737. The molecule has 1 aromatic carbocycles. The van der Waals surface area contributed by atoms with Crippen LogP contribution in [0.1, 0.15) is 37.3 Å². The lowest BCUT2D eigenvalue weighted by molar-refractivity contribution is 0.0353. The second kappa shape index (κ2) is 5.48. The Morgan fingerprint density at radius 3 is 2.42 bits per heavy atom. The first-order valence-electron chi connectivity index (χ1n) is 6.47. The zero-order chi connectivity index (χ0) is 14.0. The summed E-state index contributed by atoms with van der Waals surface area (Å²) in [6.07, 6.45) is 5.33. The van der Waals surface area contributed by atoms with E-state index in [1.807, 2.05) is 24.3 Å². The first-order valence-corrected chi connectivity index (χ1v) is 7.85. The monoisotopic (exact) mass is 276 g/mol. The minimum atomic E-state index is -0.988. The maximum Gasteiger partial charge on any atom is 0.157 e. The smallest absolute Gasteiger partial charge is 0.157 e. The fraction of sp³-hybridized carbons (Fsp3) is 0.500. The average Bonchev–Trinajstić information content (AvgIpc) is 2.38. The van der Waals surface area contributed by atoms with Crippen LogP contribution in [0.3, 0.4) is 0 Å². The molecule has 0 spiro atoms. The van der Waals surface area contributed by atoms with Gasteiger partial charge in [-0.1, -0.05) is 38.8 Å². The van der Waals surface area contributed by atoms with Crippen LogP contribution in [0, 0.1) is 23.7 Å². The van der Waals surface area contributed by atoms with E-state index in [2.05, 4.69) is 26.7 Å². The fourth-order valence-electron chi connectivity index (χ4n) is 2.10. The predicted molar refractivity (Wildman–Crippen MR) is 79.0 cm³/mol. The maximum absolute atomic E-state index is 12.4. The second-order valence-electron chi connectivity index (χ2n) is 6.04. The first-order chi connectivity index (χ1) is 8.91. The molecule has 1 aromatic rings. The van der Waals surface area contributed by atoms with Gasteiger partial charge >= 0.3 is 0 Å². The second-order valence-corrected chi connectivity index (χ2v) is 7.56. The molecule has 0 amide bonds. The van der Waals surface area contributed by atoms with Gasteiger partial charge in [0.05, 0.1) is 17.4 Å². The Hall–Kier alpha value is -1.11. The van der Waals surface area contributed by atoms with E-state index in [9.17, 15) is 4.21 Å². The summed E-state index contributed by atoms with van der Waals surface area (Å²) in [5.41, 5.74) is 1.60. The molecule has 102 valence electrons. The molecule has 3 heteroatoms. The molecule has 1 heterocycles. The van der Waals surface area contributed by atoms with E-state index in [1.54, 1.807) is 0 Å². The molecule has 1 aliphatic rings. The van der Waals surface area contributed by atoms with E-state index in [0.29, 0.717) is 18.3 Å². The Morgan fingerprint density at radius 2 is 1.95 bits per heavy atom. The molecule has 0 bridgehead atoms. The number of hydrogen-bond donors (Lipinski definition) is 0. The van der Waals surface area contributed by atoms with Crippen molar-refractivity contribution in [3.63, 3.8) is 0 Å². The van der Waals surface area contributed by atoms with Crippen LogP contribution in [0.25, 0.3) is 0 Å². The highest BCUT2D eigenvalue weighted by molar-refractivity contribution is 7.85. The third-order valence-electron chi connectivity index (χ3n) is 3.63. The summed E-state index contributed by atoms with van der Waals surface area (Å²) in [6, 6.07) is 7.56. The zero-order valence-corrected chi connectivity index (χ0v) is 12.5. The van der Waals surface area contributed by atoms with Crippen molar-refractivity contribution in [3.05, 3.63) is 35.4 Å². The number of terminal acetylenes is 1. The Labute approximate surface area is 118 Å². The van der Waals surface area contributed by atoms with E-state index in [4.69, 9.17) is 11.2 Å². The van der Waals surface area contributed by atoms with E-state index in [1.165, 1.54) is 0 Å². The van der Waals surface area contributed by atoms with Crippen molar-refractivity contribution in [2.45, 2.75) is 26.2 Å². The van der Waals surface area contributed by atoms with E-state index in [0.717, 1.165) is 11.1 Å². The molecule has 2 rings (SSSR count). The van der Waals surface area contributed by atoms with Gasteiger partial charge < -0.3 is 4.74 Å². The number of rotatable bonds is 1. The van der Waals surface area contributed by atoms with Crippen molar-refractivity contribution in [2.75, 3.05) is 12.4 Å². The van der Waals surface area contributed by atoms with Crippen molar-refractivity contribution in [2.24, 2.45) is 11.3 Å². The molecule has 0 unspecified atom stereocenters.